The third-order valence-electron chi connectivity index (χ3n) is 5.76. The highest BCUT2D eigenvalue weighted by molar-refractivity contribution is 5.90. The van der Waals surface area contributed by atoms with Crippen LogP contribution < -0.4 is 15.6 Å². The van der Waals surface area contributed by atoms with Crippen molar-refractivity contribution in [3.8, 4) is 5.75 Å². The van der Waals surface area contributed by atoms with Crippen LogP contribution in [0.2, 0.25) is 0 Å². The molecule has 1 aliphatic heterocycles. The number of benzene rings is 2. The Labute approximate surface area is 181 Å². The van der Waals surface area contributed by atoms with Crippen molar-refractivity contribution in [2.24, 2.45) is 0 Å². The maximum Gasteiger partial charge on any atom is 0.322 e. The van der Waals surface area contributed by atoms with Gasteiger partial charge in [0.15, 0.2) is 0 Å². The van der Waals surface area contributed by atoms with Crippen LogP contribution in [0, 0.1) is 13.8 Å². The number of fused-ring (bicyclic) bond motifs is 1. The van der Waals surface area contributed by atoms with Gasteiger partial charge in [0.25, 0.3) is 5.56 Å². The Kier molecular flexibility index (Phi) is 5.75. The van der Waals surface area contributed by atoms with Crippen LogP contribution in [-0.4, -0.2) is 34.6 Å². The minimum absolute atomic E-state index is 0.188. The van der Waals surface area contributed by atoms with Gasteiger partial charge in [0.2, 0.25) is 0 Å². The number of hydrogen-bond donors (Lipinski definition) is 2. The maximum atomic E-state index is 12.8. The Balaban J connectivity index is 1.50. The molecule has 1 aromatic heterocycles. The minimum Gasteiger partial charge on any atom is -0.497 e. The molecule has 0 radical (unpaired) electrons. The van der Waals surface area contributed by atoms with Crippen LogP contribution in [0.1, 0.15) is 33.8 Å². The molecule has 3 aromatic rings. The summed E-state index contributed by atoms with van der Waals surface area (Å²) in [6.45, 7) is 4.75. The van der Waals surface area contributed by atoms with Crippen LogP contribution in [0.5, 0.6) is 5.75 Å². The Bertz CT molecular complexity index is 1190. The molecule has 7 nitrogen and oxygen atoms in total. The zero-order valence-corrected chi connectivity index (χ0v) is 18.0. The lowest BCUT2D eigenvalue weighted by atomic mass is 10.1. The lowest BCUT2D eigenvalue weighted by molar-refractivity contribution is 0.205. The number of nitrogens with zero attached hydrogens (tertiary/aromatic N) is 2. The SMILES string of the molecule is COc1cccc(Cc2nc3c(c(=O)[nH]2)CN(C(=O)Nc2cccc(C)c2C)CC3)c1. The molecule has 0 unspecified atom stereocenters. The van der Waals surface area contributed by atoms with Crippen molar-refractivity contribution in [3.63, 3.8) is 0 Å². The number of aryl methyl sites for hydroxylation is 1. The van der Waals surface area contributed by atoms with E-state index in [1.165, 1.54) is 0 Å². The molecule has 0 aliphatic carbocycles. The highest BCUT2D eigenvalue weighted by atomic mass is 16.5. The molecule has 160 valence electrons. The molecule has 0 saturated carbocycles. The number of ether oxygens (including phenoxy) is 1. The van der Waals surface area contributed by atoms with E-state index in [4.69, 9.17) is 4.74 Å². The fraction of sp³-hybridized carbons (Fsp3) is 0.292. The zero-order valence-electron chi connectivity index (χ0n) is 18.0. The monoisotopic (exact) mass is 418 g/mol. The van der Waals surface area contributed by atoms with E-state index < -0.39 is 0 Å². The number of aromatic nitrogens is 2. The molecule has 0 atom stereocenters. The van der Waals surface area contributed by atoms with Gasteiger partial charge in [-0.1, -0.05) is 24.3 Å². The molecule has 0 fully saturated rings. The van der Waals surface area contributed by atoms with E-state index >= 15 is 0 Å². The van der Waals surface area contributed by atoms with Gasteiger partial charge in [-0.05, 0) is 48.7 Å². The molecule has 7 heteroatoms. The number of H-pyrrole nitrogens is 1. The van der Waals surface area contributed by atoms with Crippen LogP contribution in [0.4, 0.5) is 10.5 Å². The quantitative estimate of drug-likeness (QED) is 0.678. The summed E-state index contributed by atoms with van der Waals surface area (Å²) in [6.07, 6.45) is 1.06. The lowest BCUT2D eigenvalue weighted by Gasteiger charge is -2.28. The fourth-order valence-electron chi connectivity index (χ4n) is 3.79. The van der Waals surface area contributed by atoms with Gasteiger partial charge in [-0.2, -0.15) is 0 Å². The Morgan fingerprint density at radius 1 is 1.23 bits per heavy atom. The van der Waals surface area contributed by atoms with Crippen LogP contribution >= 0.6 is 0 Å². The van der Waals surface area contributed by atoms with Crippen molar-refractivity contribution < 1.29 is 9.53 Å². The summed E-state index contributed by atoms with van der Waals surface area (Å²) in [5, 5.41) is 2.97. The predicted molar refractivity (Wildman–Crippen MR) is 120 cm³/mol. The van der Waals surface area contributed by atoms with Crippen molar-refractivity contribution in [1.29, 1.82) is 0 Å². The molecular formula is C24H26N4O3. The van der Waals surface area contributed by atoms with Gasteiger partial charge >= 0.3 is 6.03 Å². The van der Waals surface area contributed by atoms with Gasteiger partial charge in [-0.3, -0.25) is 4.79 Å². The Morgan fingerprint density at radius 2 is 2.03 bits per heavy atom. The Hall–Kier alpha value is -3.61. The van der Waals surface area contributed by atoms with E-state index in [0.29, 0.717) is 30.8 Å². The van der Waals surface area contributed by atoms with E-state index in [1.807, 2.05) is 56.3 Å². The number of methoxy groups -OCH3 is 1. The number of carbonyl (C=O) groups excluding carboxylic acids is 1. The van der Waals surface area contributed by atoms with E-state index in [0.717, 1.165) is 33.8 Å². The molecule has 0 spiro atoms. The van der Waals surface area contributed by atoms with Crippen molar-refractivity contribution in [2.45, 2.75) is 33.2 Å². The smallest absolute Gasteiger partial charge is 0.322 e. The molecule has 2 amide bonds. The summed E-state index contributed by atoms with van der Waals surface area (Å²) in [4.78, 5) is 34.7. The van der Waals surface area contributed by atoms with Gasteiger partial charge in [-0.15, -0.1) is 0 Å². The highest BCUT2D eigenvalue weighted by Crippen LogP contribution is 2.21. The third-order valence-corrected chi connectivity index (χ3v) is 5.76. The largest absolute Gasteiger partial charge is 0.497 e. The average molecular weight is 418 g/mol. The molecule has 2 N–H and O–H groups in total. The molecule has 2 aromatic carbocycles. The molecule has 0 bridgehead atoms. The first-order chi connectivity index (χ1) is 14.9. The highest BCUT2D eigenvalue weighted by Gasteiger charge is 2.25. The summed E-state index contributed by atoms with van der Waals surface area (Å²) < 4.78 is 5.26. The predicted octanol–water partition coefficient (Wildman–Crippen LogP) is 3.58. The van der Waals surface area contributed by atoms with Crippen LogP contribution in [0.15, 0.2) is 47.3 Å². The van der Waals surface area contributed by atoms with Crippen molar-refractivity contribution in [2.75, 3.05) is 19.0 Å². The second-order valence-corrected chi connectivity index (χ2v) is 7.82. The lowest BCUT2D eigenvalue weighted by Crippen LogP contribution is -2.42. The molecular weight excluding hydrogens is 392 g/mol. The van der Waals surface area contributed by atoms with E-state index in [1.54, 1.807) is 12.0 Å². The molecule has 0 saturated heterocycles. The molecule has 4 rings (SSSR count). The minimum atomic E-state index is -0.209. The second-order valence-electron chi connectivity index (χ2n) is 7.82. The van der Waals surface area contributed by atoms with Crippen molar-refractivity contribution >= 4 is 11.7 Å². The van der Waals surface area contributed by atoms with Gasteiger partial charge in [0, 0.05) is 25.1 Å². The number of carbonyl (C=O) groups is 1. The first kappa shape index (κ1) is 20.7. The van der Waals surface area contributed by atoms with Gasteiger partial charge in [-0.25, -0.2) is 9.78 Å². The first-order valence-electron chi connectivity index (χ1n) is 10.3. The molecule has 31 heavy (non-hydrogen) atoms. The fourth-order valence-corrected chi connectivity index (χ4v) is 3.79. The van der Waals surface area contributed by atoms with Crippen LogP contribution in [0.3, 0.4) is 0 Å². The number of anilines is 1. The average Bonchev–Trinajstić information content (AvgIpc) is 2.77. The zero-order chi connectivity index (χ0) is 22.0. The van der Waals surface area contributed by atoms with Gasteiger partial charge in [0.1, 0.15) is 11.6 Å². The molecule has 1 aliphatic rings. The number of hydrogen-bond acceptors (Lipinski definition) is 4. The summed E-state index contributed by atoms with van der Waals surface area (Å²) in [6, 6.07) is 13.3. The van der Waals surface area contributed by atoms with E-state index in [2.05, 4.69) is 15.3 Å². The summed E-state index contributed by atoms with van der Waals surface area (Å²) >= 11 is 0. The number of rotatable bonds is 4. The Morgan fingerprint density at radius 3 is 2.84 bits per heavy atom. The number of urea groups is 1. The third kappa shape index (κ3) is 4.45. The number of amides is 2. The van der Waals surface area contributed by atoms with Crippen LogP contribution in [-0.2, 0) is 19.4 Å². The van der Waals surface area contributed by atoms with E-state index in [-0.39, 0.29) is 18.1 Å². The summed E-state index contributed by atoms with van der Waals surface area (Å²) in [5.41, 5.74) is 5.08. The molecule has 2 heterocycles. The number of nitrogens with one attached hydrogen (secondary N) is 2. The second kappa shape index (κ2) is 8.63. The van der Waals surface area contributed by atoms with Crippen LogP contribution in [0.25, 0.3) is 0 Å². The van der Waals surface area contributed by atoms with Gasteiger partial charge < -0.3 is 19.9 Å². The summed E-state index contributed by atoms with van der Waals surface area (Å²) in [5.74, 6) is 1.38. The van der Waals surface area contributed by atoms with E-state index in [9.17, 15) is 9.59 Å². The maximum absolute atomic E-state index is 12.8. The van der Waals surface area contributed by atoms with Crippen molar-refractivity contribution in [3.05, 3.63) is 86.6 Å². The topological polar surface area (TPSA) is 87.3 Å². The van der Waals surface area contributed by atoms with Crippen molar-refractivity contribution in [1.82, 2.24) is 14.9 Å². The number of aromatic amines is 1. The van der Waals surface area contributed by atoms with Gasteiger partial charge in [0.05, 0.1) is 24.9 Å². The summed E-state index contributed by atoms with van der Waals surface area (Å²) in [7, 11) is 1.63. The standard InChI is InChI=1S/C24H26N4O3/c1-15-6-4-9-20(16(15)2)26-24(30)28-11-10-21-19(14-28)23(29)27-22(25-21)13-17-7-5-8-18(12-17)31-3/h4-9,12H,10-11,13-14H2,1-3H3,(H,26,30)(H,25,27,29). The first-order valence-corrected chi connectivity index (χ1v) is 10.3. The normalized spacial score (nSPS) is 12.9.